The van der Waals surface area contributed by atoms with E-state index in [2.05, 4.69) is 15.8 Å². The second-order valence-corrected chi connectivity index (χ2v) is 8.40. The Labute approximate surface area is 160 Å². The number of hydrogen-bond donors (Lipinski definition) is 4. The highest BCUT2D eigenvalue weighted by Crippen LogP contribution is 2.14. The van der Waals surface area contributed by atoms with Crippen molar-refractivity contribution in [2.75, 3.05) is 10.7 Å². The average molecular weight is 422 g/mol. The molecule has 13 heteroatoms. The molecule has 2 rings (SSSR count). The van der Waals surface area contributed by atoms with Gasteiger partial charge in [-0.15, -0.1) is 0 Å². The molecule has 0 fully saturated rings. The van der Waals surface area contributed by atoms with Crippen molar-refractivity contribution in [1.82, 2.24) is 0 Å². The van der Waals surface area contributed by atoms with Crippen LogP contribution in [0, 0.1) is 11.3 Å². The summed E-state index contributed by atoms with van der Waals surface area (Å²) in [5.41, 5.74) is 2.45. The van der Waals surface area contributed by atoms with E-state index in [4.69, 9.17) is 15.5 Å². The topological polar surface area (TPSA) is 198 Å². The van der Waals surface area contributed by atoms with Crippen molar-refractivity contribution in [3.63, 3.8) is 0 Å². The third-order valence-corrected chi connectivity index (χ3v) is 5.10. The number of primary sulfonamides is 2. The maximum Gasteiger partial charge on any atom is 0.287 e. The maximum absolute atomic E-state index is 12.1. The first kappa shape index (κ1) is 21.0. The molecule has 146 valence electrons. The standard InChI is InChI=1S/C15H14N6O5S2/c16-9-14(21-20-11-3-7-13(8-4-11)28(18,25)26)15(22)19-10-1-5-12(6-2-10)27(17,23)24/h1-8,20H,(H,19,22)(H2,17,23,24)(H2,18,25,26). The van der Waals surface area contributed by atoms with Gasteiger partial charge in [0.25, 0.3) is 5.91 Å². The van der Waals surface area contributed by atoms with E-state index in [9.17, 15) is 21.6 Å². The van der Waals surface area contributed by atoms with Gasteiger partial charge in [-0.3, -0.25) is 10.2 Å². The molecule has 0 aliphatic heterocycles. The lowest BCUT2D eigenvalue weighted by atomic mass is 10.3. The largest absolute Gasteiger partial charge is 0.320 e. The highest BCUT2D eigenvalue weighted by Gasteiger charge is 2.13. The minimum atomic E-state index is -3.86. The van der Waals surface area contributed by atoms with Gasteiger partial charge < -0.3 is 5.32 Å². The fourth-order valence-electron chi connectivity index (χ4n) is 1.88. The quantitative estimate of drug-likeness (QED) is 0.368. The molecule has 0 saturated heterocycles. The van der Waals surface area contributed by atoms with Crippen LogP contribution in [0.4, 0.5) is 11.4 Å². The first-order chi connectivity index (χ1) is 13.0. The normalized spacial score (nSPS) is 12.1. The summed E-state index contributed by atoms with van der Waals surface area (Å²) in [5.74, 6) is -0.848. The second kappa shape index (κ2) is 8.15. The van der Waals surface area contributed by atoms with Gasteiger partial charge in [-0.2, -0.15) is 10.4 Å². The van der Waals surface area contributed by atoms with Crippen molar-refractivity contribution in [2.24, 2.45) is 15.4 Å². The van der Waals surface area contributed by atoms with Crippen LogP contribution in [-0.4, -0.2) is 28.5 Å². The fraction of sp³-hybridized carbons (Fsp3) is 0. The summed E-state index contributed by atoms with van der Waals surface area (Å²) in [6.07, 6.45) is 0. The molecule has 0 heterocycles. The molecule has 0 aromatic heterocycles. The number of hydrazone groups is 1. The van der Waals surface area contributed by atoms with Gasteiger partial charge in [-0.1, -0.05) is 0 Å². The molecular weight excluding hydrogens is 408 g/mol. The number of nitrogens with two attached hydrogens (primary N) is 2. The van der Waals surface area contributed by atoms with E-state index in [1.54, 1.807) is 6.07 Å². The Morgan fingerprint density at radius 2 is 1.29 bits per heavy atom. The first-order valence-corrected chi connectivity index (χ1v) is 10.4. The number of nitriles is 1. The molecule has 11 nitrogen and oxygen atoms in total. The minimum absolute atomic E-state index is 0.108. The van der Waals surface area contributed by atoms with Gasteiger partial charge in [-0.05, 0) is 48.5 Å². The maximum atomic E-state index is 12.1. The summed E-state index contributed by atoms with van der Waals surface area (Å²) in [6, 6.07) is 11.7. The van der Waals surface area contributed by atoms with Gasteiger partial charge >= 0.3 is 0 Å². The van der Waals surface area contributed by atoms with Crippen LogP contribution in [0.2, 0.25) is 0 Å². The number of hydrogen-bond acceptors (Lipinski definition) is 8. The van der Waals surface area contributed by atoms with E-state index in [1.807, 2.05) is 0 Å². The molecule has 0 spiro atoms. The SMILES string of the molecule is N#CC(=NNc1ccc(S(N)(=O)=O)cc1)C(=O)Nc1ccc(S(N)(=O)=O)cc1. The number of rotatable bonds is 6. The zero-order chi connectivity index (χ0) is 20.9. The van der Waals surface area contributed by atoms with E-state index in [1.165, 1.54) is 48.5 Å². The summed E-state index contributed by atoms with van der Waals surface area (Å²) in [6.45, 7) is 0. The highest BCUT2D eigenvalue weighted by molar-refractivity contribution is 7.89. The molecule has 1 amide bonds. The molecule has 2 aromatic carbocycles. The number of carbonyl (C=O) groups is 1. The molecule has 0 aliphatic carbocycles. The zero-order valence-corrected chi connectivity index (χ0v) is 15.7. The molecule has 2 aromatic rings. The van der Waals surface area contributed by atoms with E-state index in [0.29, 0.717) is 5.69 Å². The average Bonchev–Trinajstić information content (AvgIpc) is 2.61. The van der Waals surface area contributed by atoms with Gasteiger partial charge in [0.2, 0.25) is 25.8 Å². The molecular formula is C15H14N6O5S2. The van der Waals surface area contributed by atoms with Gasteiger partial charge in [0.1, 0.15) is 6.07 Å². The fourth-order valence-corrected chi connectivity index (χ4v) is 2.92. The van der Waals surface area contributed by atoms with Crippen LogP contribution >= 0.6 is 0 Å². The number of nitrogens with one attached hydrogen (secondary N) is 2. The van der Waals surface area contributed by atoms with Crippen molar-refractivity contribution in [2.45, 2.75) is 9.79 Å². The number of nitrogens with zero attached hydrogens (tertiary/aromatic N) is 2. The van der Waals surface area contributed by atoms with Crippen molar-refractivity contribution in [3.05, 3.63) is 48.5 Å². The van der Waals surface area contributed by atoms with Gasteiger partial charge in [0, 0.05) is 5.69 Å². The van der Waals surface area contributed by atoms with Crippen LogP contribution in [-0.2, 0) is 24.8 Å². The Morgan fingerprint density at radius 1 is 0.857 bits per heavy atom. The highest BCUT2D eigenvalue weighted by atomic mass is 32.2. The lowest BCUT2D eigenvalue weighted by molar-refractivity contribution is -0.110. The van der Waals surface area contributed by atoms with Crippen LogP contribution in [0.25, 0.3) is 0 Å². The van der Waals surface area contributed by atoms with Gasteiger partial charge in [0.05, 0.1) is 15.5 Å². The summed E-state index contributed by atoms with van der Waals surface area (Å²) < 4.78 is 44.8. The van der Waals surface area contributed by atoms with E-state index < -0.39 is 31.7 Å². The molecule has 0 atom stereocenters. The van der Waals surface area contributed by atoms with Crippen molar-refractivity contribution in [1.29, 1.82) is 5.26 Å². The Kier molecular flexibility index (Phi) is 6.11. The molecule has 28 heavy (non-hydrogen) atoms. The van der Waals surface area contributed by atoms with Crippen molar-refractivity contribution >= 4 is 43.0 Å². The number of amides is 1. The van der Waals surface area contributed by atoms with Crippen molar-refractivity contribution < 1.29 is 21.6 Å². The smallest absolute Gasteiger partial charge is 0.287 e. The first-order valence-electron chi connectivity index (χ1n) is 7.31. The monoisotopic (exact) mass is 422 g/mol. The summed E-state index contributed by atoms with van der Waals surface area (Å²) in [4.78, 5) is 11.8. The molecule has 0 aliphatic rings. The number of benzene rings is 2. The summed E-state index contributed by atoms with van der Waals surface area (Å²) >= 11 is 0. The van der Waals surface area contributed by atoms with E-state index in [0.717, 1.165) is 0 Å². The van der Waals surface area contributed by atoms with E-state index >= 15 is 0 Å². The third kappa shape index (κ3) is 5.59. The molecule has 0 unspecified atom stereocenters. The lowest BCUT2D eigenvalue weighted by Gasteiger charge is -2.06. The zero-order valence-electron chi connectivity index (χ0n) is 14.0. The van der Waals surface area contributed by atoms with Gasteiger partial charge in [0.15, 0.2) is 0 Å². The minimum Gasteiger partial charge on any atom is -0.320 e. The van der Waals surface area contributed by atoms with Crippen LogP contribution in [0.15, 0.2) is 63.4 Å². The Morgan fingerprint density at radius 3 is 1.68 bits per heavy atom. The van der Waals surface area contributed by atoms with Gasteiger partial charge in [-0.25, -0.2) is 27.1 Å². The lowest BCUT2D eigenvalue weighted by Crippen LogP contribution is -2.22. The van der Waals surface area contributed by atoms with Crippen LogP contribution in [0.1, 0.15) is 0 Å². The second-order valence-electron chi connectivity index (χ2n) is 5.28. The van der Waals surface area contributed by atoms with Crippen LogP contribution in [0.5, 0.6) is 0 Å². The summed E-state index contributed by atoms with van der Waals surface area (Å²) in [7, 11) is -7.71. The number of carbonyl (C=O) groups excluding carboxylic acids is 1. The van der Waals surface area contributed by atoms with E-state index in [-0.39, 0.29) is 15.5 Å². The van der Waals surface area contributed by atoms with Crippen LogP contribution < -0.4 is 21.0 Å². The Balaban J connectivity index is 2.09. The Hall–Kier alpha value is -3.31. The predicted octanol–water partition coefficient (Wildman–Crippen LogP) is -0.0884. The number of anilines is 2. The molecule has 0 bridgehead atoms. The predicted molar refractivity (Wildman–Crippen MR) is 101 cm³/mol. The molecule has 6 N–H and O–H groups in total. The third-order valence-electron chi connectivity index (χ3n) is 3.24. The van der Waals surface area contributed by atoms with Crippen LogP contribution in [0.3, 0.4) is 0 Å². The Bertz CT molecular complexity index is 1160. The molecule has 0 saturated carbocycles. The summed E-state index contributed by atoms with van der Waals surface area (Å²) in [5, 5.41) is 25.1. The van der Waals surface area contributed by atoms with Crippen molar-refractivity contribution in [3.8, 4) is 6.07 Å². The molecule has 0 radical (unpaired) electrons. The number of sulfonamides is 2.